The summed E-state index contributed by atoms with van der Waals surface area (Å²) < 4.78 is 10.6. The normalized spacial score (nSPS) is 18.3. The minimum absolute atomic E-state index is 0.302. The zero-order valence-electron chi connectivity index (χ0n) is 12.0. The maximum absolute atomic E-state index is 11.9. The first-order valence-electron chi connectivity index (χ1n) is 6.48. The summed E-state index contributed by atoms with van der Waals surface area (Å²) in [6, 6.07) is 5.78. The Hall–Kier alpha value is -1.71. The lowest BCUT2D eigenvalue weighted by molar-refractivity contribution is -0.127. The van der Waals surface area contributed by atoms with Crippen molar-refractivity contribution >= 4 is 11.5 Å². The highest BCUT2D eigenvalue weighted by molar-refractivity contribution is 5.87. The molecular weight excluding hydrogens is 242 g/mol. The predicted molar refractivity (Wildman–Crippen MR) is 75.2 cm³/mol. The number of Topliss-reactive ketones (excluding diaryl/α,β-unsaturated/α-hetero) is 1. The van der Waals surface area contributed by atoms with Crippen molar-refractivity contribution in [2.24, 2.45) is 5.41 Å². The number of ether oxygens (including phenoxy) is 2. The number of carbonyl (C=O) groups is 1. The van der Waals surface area contributed by atoms with Crippen LogP contribution in [0.15, 0.2) is 18.2 Å². The van der Waals surface area contributed by atoms with Crippen LogP contribution in [-0.2, 0) is 4.79 Å². The molecular formula is C15H21NO3. The molecule has 0 aliphatic carbocycles. The van der Waals surface area contributed by atoms with E-state index in [1.165, 1.54) is 0 Å². The van der Waals surface area contributed by atoms with E-state index >= 15 is 0 Å². The lowest BCUT2D eigenvalue weighted by atomic mass is 9.82. The molecule has 1 heterocycles. The number of benzene rings is 1. The lowest BCUT2D eigenvalue weighted by Crippen LogP contribution is -2.46. The molecule has 0 N–H and O–H groups in total. The second-order valence-electron chi connectivity index (χ2n) is 5.52. The highest BCUT2D eigenvalue weighted by Gasteiger charge is 2.35. The largest absolute Gasteiger partial charge is 0.497 e. The zero-order chi connectivity index (χ0) is 14.0. The van der Waals surface area contributed by atoms with Gasteiger partial charge >= 0.3 is 0 Å². The third kappa shape index (κ3) is 2.67. The van der Waals surface area contributed by atoms with Crippen LogP contribution in [0.25, 0.3) is 0 Å². The van der Waals surface area contributed by atoms with Crippen molar-refractivity contribution in [1.29, 1.82) is 0 Å². The Morgan fingerprint density at radius 3 is 2.53 bits per heavy atom. The van der Waals surface area contributed by atoms with Gasteiger partial charge in [-0.2, -0.15) is 0 Å². The molecule has 1 fully saturated rings. The molecule has 0 amide bonds. The van der Waals surface area contributed by atoms with E-state index in [-0.39, 0.29) is 5.41 Å². The number of carbonyl (C=O) groups excluding carboxylic acids is 1. The van der Waals surface area contributed by atoms with Gasteiger partial charge in [0, 0.05) is 31.0 Å². The molecule has 1 aromatic rings. The van der Waals surface area contributed by atoms with Crippen molar-refractivity contribution in [3.8, 4) is 11.5 Å². The summed E-state index contributed by atoms with van der Waals surface area (Å²) in [6.07, 6.45) is 0.585. The van der Waals surface area contributed by atoms with Crippen molar-refractivity contribution < 1.29 is 14.3 Å². The molecule has 19 heavy (non-hydrogen) atoms. The Labute approximate surface area is 114 Å². The molecule has 104 valence electrons. The smallest absolute Gasteiger partial charge is 0.145 e. The van der Waals surface area contributed by atoms with Gasteiger partial charge in [0.1, 0.15) is 17.3 Å². The Bertz CT molecular complexity index is 482. The van der Waals surface area contributed by atoms with E-state index in [0.717, 1.165) is 23.7 Å². The van der Waals surface area contributed by atoms with E-state index in [2.05, 4.69) is 4.90 Å². The van der Waals surface area contributed by atoms with Gasteiger partial charge < -0.3 is 14.4 Å². The molecule has 0 unspecified atom stereocenters. The molecule has 2 rings (SSSR count). The molecule has 1 aromatic carbocycles. The van der Waals surface area contributed by atoms with E-state index in [0.29, 0.717) is 18.7 Å². The van der Waals surface area contributed by atoms with Crippen LogP contribution in [0.1, 0.15) is 20.3 Å². The maximum atomic E-state index is 11.9. The summed E-state index contributed by atoms with van der Waals surface area (Å²) in [4.78, 5) is 14.1. The van der Waals surface area contributed by atoms with Crippen LogP contribution in [-0.4, -0.2) is 33.1 Å². The minimum atomic E-state index is -0.302. The van der Waals surface area contributed by atoms with Crippen molar-refractivity contribution in [2.75, 3.05) is 32.2 Å². The van der Waals surface area contributed by atoms with Gasteiger partial charge in [0.15, 0.2) is 0 Å². The average molecular weight is 263 g/mol. The topological polar surface area (TPSA) is 38.8 Å². The number of anilines is 1. The van der Waals surface area contributed by atoms with Gasteiger partial charge in [0.05, 0.1) is 19.9 Å². The number of rotatable bonds is 3. The molecule has 0 atom stereocenters. The second kappa shape index (κ2) is 5.11. The van der Waals surface area contributed by atoms with Crippen molar-refractivity contribution in [1.82, 2.24) is 0 Å². The van der Waals surface area contributed by atoms with E-state index in [1.807, 2.05) is 32.0 Å². The molecule has 4 heteroatoms. The Balaban J connectivity index is 2.29. The van der Waals surface area contributed by atoms with E-state index < -0.39 is 0 Å². The first-order valence-corrected chi connectivity index (χ1v) is 6.48. The molecule has 0 saturated carbocycles. The van der Waals surface area contributed by atoms with Crippen LogP contribution in [0.5, 0.6) is 11.5 Å². The first kappa shape index (κ1) is 13.7. The summed E-state index contributed by atoms with van der Waals surface area (Å²) in [5.74, 6) is 1.88. The van der Waals surface area contributed by atoms with E-state index in [1.54, 1.807) is 14.2 Å². The molecule has 4 nitrogen and oxygen atoms in total. The molecule has 0 aromatic heterocycles. The monoisotopic (exact) mass is 263 g/mol. The van der Waals surface area contributed by atoms with Crippen LogP contribution in [0.3, 0.4) is 0 Å². The van der Waals surface area contributed by atoms with Gasteiger partial charge in [-0.1, -0.05) is 13.8 Å². The SMILES string of the molecule is COc1ccc(N2CCC(=O)C(C)(C)C2)c(OC)c1. The standard InChI is InChI=1S/C15H21NO3/c1-15(2)10-16(8-7-14(15)17)12-6-5-11(18-3)9-13(12)19-4/h5-6,9H,7-8,10H2,1-4H3. The fourth-order valence-corrected chi connectivity index (χ4v) is 2.47. The predicted octanol–water partition coefficient (Wildman–Crippen LogP) is 2.51. The lowest BCUT2D eigenvalue weighted by Gasteiger charge is -2.38. The van der Waals surface area contributed by atoms with Gasteiger partial charge in [-0.15, -0.1) is 0 Å². The molecule has 1 saturated heterocycles. The van der Waals surface area contributed by atoms with Crippen molar-refractivity contribution in [2.45, 2.75) is 20.3 Å². The molecule has 0 bridgehead atoms. The third-order valence-corrected chi connectivity index (χ3v) is 3.68. The minimum Gasteiger partial charge on any atom is -0.497 e. The second-order valence-corrected chi connectivity index (χ2v) is 5.52. The summed E-state index contributed by atoms with van der Waals surface area (Å²) in [6.45, 7) is 5.45. The number of nitrogens with zero attached hydrogens (tertiary/aromatic N) is 1. The summed E-state index contributed by atoms with van der Waals surface area (Å²) in [5, 5.41) is 0. The quantitative estimate of drug-likeness (QED) is 0.840. The maximum Gasteiger partial charge on any atom is 0.145 e. The summed E-state index contributed by atoms with van der Waals surface area (Å²) in [7, 11) is 3.29. The highest BCUT2D eigenvalue weighted by atomic mass is 16.5. The Morgan fingerprint density at radius 1 is 1.21 bits per heavy atom. The fourth-order valence-electron chi connectivity index (χ4n) is 2.47. The Morgan fingerprint density at radius 2 is 1.95 bits per heavy atom. The van der Waals surface area contributed by atoms with Crippen molar-refractivity contribution in [3.63, 3.8) is 0 Å². The third-order valence-electron chi connectivity index (χ3n) is 3.68. The highest BCUT2D eigenvalue weighted by Crippen LogP contribution is 2.36. The number of hydrogen-bond donors (Lipinski definition) is 0. The van der Waals surface area contributed by atoms with Crippen molar-refractivity contribution in [3.05, 3.63) is 18.2 Å². The van der Waals surface area contributed by atoms with Crippen LogP contribution in [0.2, 0.25) is 0 Å². The van der Waals surface area contributed by atoms with Crippen LogP contribution < -0.4 is 14.4 Å². The Kier molecular flexibility index (Phi) is 3.69. The van der Waals surface area contributed by atoms with Gasteiger partial charge in [-0.25, -0.2) is 0 Å². The number of hydrogen-bond acceptors (Lipinski definition) is 4. The first-order chi connectivity index (χ1) is 8.97. The van der Waals surface area contributed by atoms with Gasteiger partial charge in [0.25, 0.3) is 0 Å². The molecule has 0 spiro atoms. The van der Waals surface area contributed by atoms with Crippen LogP contribution in [0, 0.1) is 5.41 Å². The number of piperidine rings is 1. The summed E-state index contributed by atoms with van der Waals surface area (Å²) >= 11 is 0. The zero-order valence-corrected chi connectivity index (χ0v) is 12.0. The van der Waals surface area contributed by atoms with Crippen LogP contribution in [0.4, 0.5) is 5.69 Å². The summed E-state index contributed by atoms with van der Waals surface area (Å²) in [5.41, 5.74) is 0.715. The molecule has 1 aliphatic heterocycles. The van der Waals surface area contributed by atoms with E-state index in [4.69, 9.17) is 9.47 Å². The van der Waals surface area contributed by atoms with Gasteiger partial charge in [0.2, 0.25) is 0 Å². The van der Waals surface area contributed by atoms with Crippen LogP contribution >= 0.6 is 0 Å². The molecule has 0 radical (unpaired) electrons. The van der Waals surface area contributed by atoms with Gasteiger partial charge in [-0.3, -0.25) is 4.79 Å². The average Bonchev–Trinajstić information content (AvgIpc) is 2.41. The number of ketones is 1. The van der Waals surface area contributed by atoms with E-state index in [9.17, 15) is 4.79 Å². The number of methoxy groups -OCH3 is 2. The van der Waals surface area contributed by atoms with Gasteiger partial charge in [-0.05, 0) is 12.1 Å². The molecule has 1 aliphatic rings. The fraction of sp³-hybridized carbons (Fsp3) is 0.533.